The molecule has 0 radical (unpaired) electrons. The number of likely N-dealkylation sites (tertiary alicyclic amines) is 1. The molecule has 1 aromatic carbocycles. The van der Waals surface area contributed by atoms with E-state index in [0.29, 0.717) is 17.7 Å². The van der Waals surface area contributed by atoms with Crippen molar-refractivity contribution in [1.82, 2.24) is 10.2 Å². The van der Waals surface area contributed by atoms with E-state index in [1.54, 1.807) is 0 Å². The second kappa shape index (κ2) is 7.12. The highest BCUT2D eigenvalue weighted by molar-refractivity contribution is 9.10. The average Bonchev–Trinajstić information content (AvgIpc) is 3.11. The van der Waals surface area contributed by atoms with Crippen LogP contribution in [0.2, 0.25) is 0 Å². The number of carbonyl (C=O) groups excluding carboxylic acids is 1. The van der Waals surface area contributed by atoms with Crippen molar-refractivity contribution in [2.75, 3.05) is 26.7 Å². The second-order valence-corrected chi connectivity index (χ2v) is 6.91. The first-order valence-corrected chi connectivity index (χ1v) is 8.17. The Bertz CT molecular complexity index is 494. The van der Waals surface area contributed by atoms with Gasteiger partial charge in [-0.25, -0.2) is 0 Å². The van der Waals surface area contributed by atoms with Crippen LogP contribution in [-0.2, 0) is 4.79 Å². The molecule has 0 bridgehead atoms. The van der Waals surface area contributed by atoms with Gasteiger partial charge in [-0.2, -0.15) is 0 Å². The van der Waals surface area contributed by atoms with Crippen LogP contribution in [0, 0.1) is 11.8 Å². The van der Waals surface area contributed by atoms with Crippen molar-refractivity contribution in [2.45, 2.75) is 18.8 Å². The Morgan fingerprint density at radius 2 is 2.10 bits per heavy atom. The number of nitrogens with one attached hydrogen (secondary N) is 1. The highest BCUT2D eigenvalue weighted by atomic mass is 79.9. The molecule has 1 saturated heterocycles. The van der Waals surface area contributed by atoms with Crippen molar-refractivity contribution >= 4 is 34.2 Å². The van der Waals surface area contributed by atoms with Crippen molar-refractivity contribution < 1.29 is 4.79 Å². The van der Waals surface area contributed by atoms with Crippen LogP contribution in [0.3, 0.4) is 0 Å². The predicted octanol–water partition coefficient (Wildman–Crippen LogP) is 3.04. The number of benzene rings is 1. The van der Waals surface area contributed by atoms with Crippen LogP contribution in [0.25, 0.3) is 0 Å². The zero-order valence-corrected chi connectivity index (χ0v) is 14.6. The van der Waals surface area contributed by atoms with E-state index < -0.39 is 0 Å². The lowest BCUT2D eigenvalue weighted by molar-refractivity contribution is -0.131. The fourth-order valence-corrected chi connectivity index (χ4v) is 3.53. The van der Waals surface area contributed by atoms with Crippen molar-refractivity contribution in [2.24, 2.45) is 11.8 Å². The van der Waals surface area contributed by atoms with Gasteiger partial charge in [-0.15, -0.1) is 12.4 Å². The lowest BCUT2D eigenvalue weighted by Gasteiger charge is -2.16. The van der Waals surface area contributed by atoms with Crippen LogP contribution >= 0.6 is 28.3 Å². The third-order valence-corrected chi connectivity index (χ3v) is 5.02. The van der Waals surface area contributed by atoms with Gasteiger partial charge in [0.05, 0.1) is 0 Å². The molecular weight excluding hydrogens is 352 g/mol. The van der Waals surface area contributed by atoms with E-state index in [9.17, 15) is 4.79 Å². The molecule has 1 aliphatic heterocycles. The standard InChI is InChI=1S/C16H21BrN2O.ClH/c1-18-9-11-6-7-19(10-11)16(20)15-8-14(15)12-2-4-13(17)5-3-12;/h2-5,11,14-15,18H,6-10H2,1H3;1H. The summed E-state index contributed by atoms with van der Waals surface area (Å²) in [5, 5.41) is 3.21. The molecule has 1 aliphatic carbocycles. The molecular formula is C16H22BrClN2O. The number of rotatable bonds is 4. The summed E-state index contributed by atoms with van der Waals surface area (Å²) in [7, 11) is 1.98. The molecule has 3 rings (SSSR count). The Kier molecular flexibility index (Phi) is 5.69. The van der Waals surface area contributed by atoms with Gasteiger partial charge in [-0.05, 0) is 56.0 Å². The number of hydrogen-bond acceptors (Lipinski definition) is 2. The summed E-state index contributed by atoms with van der Waals surface area (Å²) in [6.45, 7) is 2.89. The summed E-state index contributed by atoms with van der Waals surface area (Å²) in [5.41, 5.74) is 1.30. The van der Waals surface area contributed by atoms with Crippen molar-refractivity contribution in [1.29, 1.82) is 0 Å². The first-order valence-electron chi connectivity index (χ1n) is 7.38. The molecule has 1 amide bonds. The molecule has 0 aromatic heterocycles. The zero-order chi connectivity index (χ0) is 14.1. The molecule has 3 nitrogen and oxygen atoms in total. The molecule has 5 heteroatoms. The molecule has 3 unspecified atom stereocenters. The van der Waals surface area contributed by atoms with Gasteiger partial charge in [0.15, 0.2) is 0 Å². The highest BCUT2D eigenvalue weighted by Gasteiger charge is 2.46. The maximum atomic E-state index is 12.5. The molecule has 1 saturated carbocycles. The summed E-state index contributed by atoms with van der Waals surface area (Å²) in [4.78, 5) is 14.6. The van der Waals surface area contributed by atoms with Gasteiger partial charge in [-0.1, -0.05) is 28.1 Å². The molecule has 21 heavy (non-hydrogen) atoms. The molecule has 2 fully saturated rings. The highest BCUT2D eigenvalue weighted by Crippen LogP contribution is 2.49. The van der Waals surface area contributed by atoms with E-state index >= 15 is 0 Å². The van der Waals surface area contributed by atoms with Gasteiger partial charge < -0.3 is 10.2 Å². The lowest BCUT2D eigenvalue weighted by Crippen LogP contribution is -2.31. The van der Waals surface area contributed by atoms with Gasteiger partial charge in [0, 0.05) is 23.5 Å². The van der Waals surface area contributed by atoms with Crippen molar-refractivity contribution in [3.8, 4) is 0 Å². The minimum atomic E-state index is 0. The third-order valence-electron chi connectivity index (χ3n) is 4.50. The Balaban J connectivity index is 0.00000161. The maximum Gasteiger partial charge on any atom is 0.226 e. The second-order valence-electron chi connectivity index (χ2n) is 6.00. The zero-order valence-electron chi connectivity index (χ0n) is 12.2. The molecule has 1 heterocycles. The first-order chi connectivity index (χ1) is 9.69. The number of nitrogens with zero attached hydrogens (tertiary/aromatic N) is 1. The quantitative estimate of drug-likeness (QED) is 0.880. The van der Waals surface area contributed by atoms with Crippen LogP contribution in [0.1, 0.15) is 24.3 Å². The number of hydrogen-bond donors (Lipinski definition) is 1. The van der Waals surface area contributed by atoms with E-state index in [1.165, 1.54) is 5.56 Å². The number of carbonyl (C=O) groups is 1. The molecule has 3 atom stereocenters. The van der Waals surface area contributed by atoms with Crippen LogP contribution in [-0.4, -0.2) is 37.5 Å². The van der Waals surface area contributed by atoms with Crippen LogP contribution < -0.4 is 5.32 Å². The Labute approximate surface area is 141 Å². The molecule has 1 aromatic rings. The van der Waals surface area contributed by atoms with Crippen molar-refractivity contribution in [3.05, 3.63) is 34.3 Å². The Morgan fingerprint density at radius 1 is 1.38 bits per heavy atom. The Morgan fingerprint density at radius 3 is 2.76 bits per heavy atom. The molecule has 116 valence electrons. The first kappa shape index (κ1) is 16.8. The van der Waals surface area contributed by atoms with Crippen molar-refractivity contribution in [3.63, 3.8) is 0 Å². The average molecular weight is 374 g/mol. The van der Waals surface area contributed by atoms with Gasteiger partial charge in [0.1, 0.15) is 0 Å². The minimum absolute atomic E-state index is 0. The van der Waals surface area contributed by atoms with Crippen LogP contribution in [0.5, 0.6) is 0 Å². The smallest absolute Gasteiger partial charge is 0.226 e. The lowest BCUT2D eigenvalue weighted by atomic mass is 10.1. The summed E-state index contributed by atoms with van der Waals surface area (Å²) < 4.78 is 1.10. The summed E-state index contributed by atoms with van der Waals surface area (Å²) in [6, 6.07) is 8.40. The normalized spacial score (nSPS) is 27.3. The fourth-order valence-electron chi connectivity index (χ4n) is 3.27. The fraction of sp³-hybridized carbons (Fsp3) is 0.562. The van der Waals surface area contributed by atoms with Crippen LogP contribution in [0.4, 0.5) is 0 Å². The third kappa shape index (κ3) is 3.79. The summed E-state index contributed by atoms with van der Waals surface area (Å²) in [6.07, 6.45) is 2.16. The Hall–Kier alpha value is -0.580. The van der Waals surface area contributed by atoms with Gasteiger partial charge in [0.25, 0.3) is 0 Å². The predicted molar refractivity (Wildman–Crippen MR) is 90.9 cm³/mol. The number of halogens is 2. The van der Waals surface area contributed by atoms with E-state index in [2.05, 4.69) is 50.4 Å². The van der Waals surface area contributed by atoms with Crippen LogP contribution in [0.15, 0.2) is 28.7 Å². The van der Waals surface area contributed by atoms with E-state index in [4.69, 9.17) is 0 Å². The van der Waals surface area contributed by atoms with Gasteiger partial charge >= 0.3 is 0 Å². The van der Waals surface area contributed by atoms with E-state index in [1.807, 2.05) is 7.05 Å². The number of amides is 1. The van der Waals surface area contributed by atoms with Gasteiger partial charge in [0.2, 0.25) is 5.91 Å². The maximum absolute atomic E-state index is 12.5. The largest absolute Gasteiger partial charge is 0.342 e. The molecule has 0 spiro atoms. The summed E-state index contributed by atoms with van der Waals surface area (Å²) in [5.74, 6) is 1.67. The van der Waals surface area contributed by atoms with E-state index in [0.717, 1.165) is 36.9 Å². The minimum Gasteiger partial charge on any atom is -0.342 e. The summed E-state index contributed by atoms with van der Waals surface area (Å²) >= 11 is 3.45. The van der Waals surface area contributed by atoms with Gasteiger partial charge in [-0.3, -0.25) is 4.79 Å². The van der Waals surface area contributed by atoms with E-state index in [-0.39, 0.29) is 18.3 Å². The monoisotopic (exact) mass is 372 g/mol. The topological polar surface area (TPSA) is 32.3 Å². The molecule has 1 N–H and O–H groups in total. The molecule has 2 aliphatic rings. The SMILES string of the molecule is CNCC1CCN(C(=O)C2CC2c2ccc(Br)cc2)C1.Cl.